The van der Waals surface area contributed by atoms with Gasteiger partial charge in [-0.05, 0) is 43.0 Å². The summed E-state index contributed by atoms with van der Waals surface area (Å²) in [6, 6.07) is 9.23. The molecule has 2 heterocycles. The molecule has 0 radical (unpaired) electrons. The van der Waals surface area contributed by atoms with Gasteiger partial charge in [-0.3, -0.25) is 4.79 Å². The Kier molecular flexibility index (Phi) is 4.65. The third-order valence-corrected chi connectivity index (χ3v) is 5.32. The first-order valence-electron chi connectivity index (χ1n) is 8.63. The molecule has 1 saturated carbocycles. The number of rotatable bonds is 5. The van der Waals surface area contributed by atoms with Gasteiger partial charge >= 0.3 is 0 Å². The second kappa shape index (κ2) is 7.23. The highest BCUT2D eigenvalue weighted by atomic mass is 32.1. The highest BCUT2D eigenvalue weighted by Gasteiger charge is 2.14. The van der Waals surface area contributed by atoms with E-state index in [1.807, 2.05) is 24.3 Å². The molecule has 0 saturated heterocycles. The summed E-state index contributed by atoms with van der Waals surface area (Å²) >= 11 is 1.34. The molecule has 1 fully saturated rings. The van der Waals surface area contributed by atoms with Crippen molar-refractivity contribution in [3.05, 3.63) is 46.9 Å². The quantitative estimate of drug-likeness (QED) is 0.752. The maximum atomic E-state index is 11.7. The summed E-state index contributed by atoms with van der Waals surface area (Å²) in [5.41, 5.74) is 0.720. The van der Waals surface area contributed by atoms with Gasteiger partial charge in [-0.2, -0.15) is 4.52 Å². The molecular weight excluding hydrogens is 336 g/mol. The van der Waals surface area contributed by atoms with Crippen molar-refractivity contribution in [1.82, 2.24) is 14.6 Å². The minimum atomic E-state index is -0.180. The number of nitrogens with zero attached hydrogens (tertiary/aromatic N) is 3. The summed E-state index contributed by atoms with van der Waals surface area (Å²) in [7, 11) is 0. The van der Waals surface area contributed by atoms with Crippen LogP contribution in [0.5, 0.6) is 5.75 Å². The Morgan fingerprint density at radius 3 is 2.72 bits per heavy atom. The largest absolute Gasteiger partial charge is 0.493 e. The number of benzene rings is 1. The van der Waals surface area contributed by atoms with Crippen LogP contribution in [0.1, 0.15) is 32.1 Å². The molecule has 130 valence electrons. The third kappa shape index (κ3) is 3.82. The standard InChI is InChI=1S/C18H20N4O2S/c23-16-10-11-19-18-22(16)21-17(25-18)20-14-6-8-15(9-7-14)24-12-13-4-2-1-3-5-13/h6-11,13H,1-5,12H2,(H,20,21). The van der Waals surface area contributed by atoms with Crippen LogP contribution in [-0.2, 0) is 0 Å². The number of ether oxygens (including phenoxy) is 1. The van der Waals surface area contributed by atoms with E-state index < -0.39 is 0 Å². The van der Waals surface area contributed by atoms with Crippen molar-refractivity contribution < 1.29 is 4.74 Å². The van der Waals surface area contributed by atoms with Crippen LogP contribution >= 0.6 is 11.3 Å². The molecule has 6 nitrogen and oxygen atoms in total. The van der Waals surface area contributed by atoms with Gasteiger partial charge in [0.15, 0.2) is 0 Å². The summed E-state index contributed by atoms with van der Waals surface area (Å²) in [6.07, 6.45) is 8.09. The van der Waals surface area contributed by atoms with Crippen molar-refractivity contribution in [2.75, 3.05) is 11.9 Å². The number of hydrogen-bond donors (Lipinski definition) is 1. The second-order valence-electron chi connectivity index (χ2n) is 6.35. The summed E-state index contributed by atoms with van der Waals surface area (Å²) < 4.78 is 7.22. The highest BCUT2D eigenvalue weighted by Crippen LogP contribution is 2.26. The zero-order valence-corrected chi connectivity index (χ0v) is 14.7. The van der Waals surface area contributed by atoms with E-state index in [2.05, 4.69) is 15.4 Å². The zero-order chi connectivity index (χ0) is 17.1. The lowest BCUT2D eigenvalue weighted by Crippen LogP contribution is -2.15. The number of fused-ring (bicyclic) bond motifs is 1. The Morgan fingerprint density at radius 2 is 1.96 bits per heavy atom. The molecule has 25 heavy (non-hydrogen) atoms. The minimum Gasteiger partial charge on any atom is -0.493 e. The average molecular weight is 356 g/mol. The van der Waals surface area contributed by atoms with E-state index in [9.17, 15) is 4.79 Å². The summed E-state index contributed by atoms with van der Waals surface area (Å²) in [5.74, 6) is 1.58. The molecule has 1 aromatic carbocycles. The van der Waals surface area contributed by atoms with Crippen molar-refractivity contribution in [2.24, 2.45) is 5.92 Å². The molecule has 0 spiro atoms. The van der Waals surface area contributed by atoms with Gasteiger partial charge in [0.05, 0.1) is 6.61 Å². The van der Waals surface area contributed by atoms with Gasteiger partial charge in [-0.1, -0.05) is 30.6 Å². The fourth-order valence-electron chi connectivity index (χ4n) is 3.12. The van der Waals surface area contributed by atoms with Crippen molar-refractivity contribution in [2.45, 2.75) is 32.1 Å². The smallest absolute Gasteiger partial charge is 0.275 e. The molecule has 0 unspecified atom stereocenters. The molecule has 0 amide bonds. The van der Waals surface area contributed by atoms with Crippen LogP contribution in [0.25, 0.3) is 4.96 Å². The molecule has 4 rings (SSSR count). The molecule has 2 aromatic heterocycles. The molecule has 0 bridgehead atoms. The number of hydrogen-bond acceptors (Lipinski definition) is 6. The van der Waals surface area contributed by atoms with E-state index in [1.54, 1.807) is 0 Å². The van der Waals surface area contributed by atoms with Crippen molar-refractivity contribution in [3.8, 4) is 5.75 Å². The average Bonchev–Trinajstić information content (AvgIpc) is 3.06. The van der Waals surface area contributed by atoms with E-state index in [0.717, 1.165) is 18.0 Å². The van der Waals surface area contributed by atoms with Crippen LogP contribution in [0.4, 0.5) is 10.8 Å². The summed E-state index contributed by atoms with van der Waals surface area (Å²) in [4.78, 5) is 16.4. The predicted octanol–water partition coefficient (Wildman–Crippen LogP) is 3.85. The van der Waals surface area contributed by atoms with Gasteiger partial charge in [-0.15, -0.1) is 5.10 Å². The molecule has 1 aliphatic carbocycles. The van der Waals surface area contributed by atoms with Crippen LogP contribution in [-0.4, -0.2) is 21.2 Å². The molecule has 7 heteroatoms. The van der Waals surface area contributed by atoms with Crippen LogP contribution in [0.3, 0.4) is 0 Å². The lowest BCUT2D eigenvalue weighted by molar-refractivity contribution is 0.209. The predicted molar refractivity (Wildman–Crippen MR) is 98.9 cm³/mol. The van der Waals surface area contributed by atoms with E-state index in [1.165, 1.54) is 60.2 Å². The number of nitrogens with one attached hydrogen (secondary N) is 1. The Balaban J connectivity index is 1.39. The SMILES string of the molecule is O=c1ccnc2sc(Nc3ccc(OCC4CCCCC4)cc3)nn12. The molecule has 1 N–H and O–H groups in total. The monoisotopic (exact) mass is 356 g/mol. The van der Waals surface area contributed by atoms with E-state index in [4.69, 9.17) is 4.74 Å². The van der Waals surface area contributed by atoms with Gasteiger partial charge in [0.2, 0.25) is 10.1 Å². The molecule has 3 aromatic rings. The molecule has 1 aliphatic rings. The second-order valence-corrected chi connectivity index (χ2v) is 7.31. The van der Waals surface area contributed by atoms with E-state index in [0.29, 0.717) is 16.0 Å². The lowest BCUT2D eigenvalue weighted by Gasteiger charge is -2.21. The Labute approximate surface area is 149 Å². The summed E-state index contributed by atoms with van der Waals surface area (Å²) in [6.45, 7) is 0.805. The zero-order valence-electron chi connectivity index (χ0n) is 13.9. The van der Waals surface area contributed by atoms with E-state index >= 15 is 0 Å². The topological polar surface area (TPSA) is 68.5 Å². The van der Waals surface area contributed by atoms with Gasteiger partial charge < -0.3 is 10.1 Å². The summed E-state index contributed by atoms with van der Waals surface area (Å²) in [5, 5.41) is 8.08. The van der Waals surface area contributed by atoms with Crippen LogP contribution in [0.15, 0.2) is 41.3 Å². The Morgan fingerprint density at radius 1 is 1.16 bits per heavy atom. The fourth-order valence-corrected chi connectivity index (χ4v) is 3.92. The first-order chi connectivity index (χ1) is 12.3. The van der Waals surface area contributed by atoms with Crippen LogP contribution < -0.4 is 15.6 Å². The Hall–Kier alpha value is -2.41. The molecule has 0 aliphatic heterocycles. The maximum Gasteiger partial charge on any atom is 0.275 e. The number of aromatic nitrogens is 3. The fraction of sp³-hybridized carbons (Fsp3) is 0.389. The van der Waals surface area contributed by atoms with Crippen LogP contribution in [0.2, 0.25) is 0 Å². The van der Waals surface area contributed by atoms with Crippen molar-refractivity contribution >= 4 is 27.1 Å². The van der Waals surface area contributed by atoms with Gasteiger partial charge in [-0.25, -0.2) is 4.98 Å². The third-order valence-electron chi connectivity index (χ3n) is 4.49. The van der Waals surface area contributed by atoms with Gasteiger partial charge in [0.25, 0.3) is 5.56 Å². The van der Waals surface area contributed by atoms with E-state index in [-0.39, 0.29) is 5.56 Å². The first kappa shape index (κ1) is 16.1. The van der Waals surface area contributed by atoms with Gasteiger partial charge in [0, 0.05) is 18.0 Å². The molecular formula is C18H20N4O2S. The maximum absolute atomic E-state index is 11.7. The van der Waals surface area contributed by atoms with Gasteiger partial charge in [0.1, 0.15) is 5.75 Å². The first-order valence-corrected chi connectivity index (χ1v) is 9.44. The minimum absolute atomic E-state index is 0.180. The number of anilines is 2. The Bertz CT molecular complexity index is 897. The highest BCUT2D eigenvalue weighted by molar-refractivity contribution is 7.20. The van der Waals surface area contributed by atoms with Crippen molar-refractivity contribution in [3.63, 3.8) is 0 Å². The normalized spacial score (nSPS) is 15.4. The van der Waals surface area contributed by atoms with Crippen LogP contribution in [0, 0.1) is 5.92 Å². The lowest BCUT2D eigenvalue weighted by atomic mass is 9.90. The molecule has 0 atom stereocenters. The van der Waals surface area contributed by atoms with Crippen molar-refractivity contribution in [1.29, 1.82) is 0 Å².